The second-order valence-electron chi connectivity index (χ2n) is 5.97. The van der Waals surface area contributed by atoms with Crippen molar-refractivity contribution in [3.63, 3.8) is 0 Å². The summed E-state index contributed by atoms with van der Waals surface area (Å²) in [7, 11) is 0. The van der Waals surface area contributed by atoms with Gasteiger partial charge < -0.3 is 14.6 Å². The topological polar surface area (TPSA) is 137 Å². The van der Waals surface area contributed by atoms with E-state index >= 15 is 0 Å². The third-order valence-corrected chi connectivity index (χ3v) is 4.76. The predicted octanol–water partition coefficient (Wildman–Crippen LogP) is 3.74. The summed E-state index contributed by atoms with van der Waals surface area (Å²) in [6.07, 6.45) is 2.53. The first kappa shape index (κ1) is 22.2. The van der Waals surface area contributed by atoms with E-state index in [2.05, 4.69) is 52.9 Å². The Morgan fingerprint density at radius 3 is 1.61 bits per heavy atom. The van der Waals surface area contributed by atoms with Crippen LogP contribution in [-0.4, -0.2) is 34.5 Å². The number of hydrogen-bond donors (Lipinski definition) is 4. The first-order valence-corrected chi connectivity index (χ1v) is 10.2. The van der Waals surface area contributed by atoms with Gasteiger partial charge in [-0.05, 0) is 48.5 Å². The molecule has 3 aromatic rings. The highest BCUT2D eigenvalue weighted by molar-refractivity contribution is 9.10. The van der Waals surface area contributed by atoms with Gasteiger partial charge in [-0.25, -0.2) is 10.9 Å². The third kappa shape index (κ3) is 6.03. The third-order valence-electron chi connectivity index (χ3n) is 3.77. The second kappa shape index (κ2) is 10.0. The normalized spacial score (nSPS) is 11.2. The number of hydrogen-bond acceptors (Lipinski definition) is 7. The highest BCUT2D eigenvalue weighted by Gasteiger charge is 2.15. The van der Waals surface area contributed by atoms with Crippen molar-refractivity contribution >= 4 is 56.1 Å². The number of carbonyl (C=O) groups is 2. The second-order valence-corrected chi connectivity index (χ2v) is 7.80. The van der Waals surface area contributed by atoms with Crippen molar-refractivity contribution in [3.05, 3.63) is 80.1 Å². The van der Waals surface area contributed by atoms with Gasteiger partial charge in [-0.15, -0.1) is 0 Å². The smallest absolute Gasteiger partial charge is 0.307 e. The van der Waals surface area contributed by atoms with Crippen molar-refractivity contribution in [2.75, 3.05) is 0 Å². The molecule has 9 nitrogen and oxygen atoms in total. The molecule has 11 heteroatoms. The Kier molecular flexibility index (Phi) is 7.21. The fraction of sp³-hybridized carbons (Fsp3) is 0. The number of nitrogens with one attached hydrogen (secondary N) is 2. The molecule has 0 fully saturated rings. The van der Waals surface area contributed by atoms with E-state index in [1.807, 2.05) is 0 Å². The van der Waals surface area contributed by atoms with Crippen molar-refractivity contribution in [2.24, 2.45) is 10.2 Å². The maximum atomic E-state index is 12.1. The van der Waals surface area contributed by atoms with Gasteiger partial charge in [0.15, 0.2) is 11.5 Å². The van der Waals surface area contributed by atoms with E-state index in [9.17, 15) is 19.8 Å². The van der Waals surface area contributed by atoms with E-state index < -0.39 is 11.8 Å². The van der Waals surface area contributed by atoms with Crippen LogP contribution in [0.3, 0.4) is 0 Å². The van der Waals surface area contributed by atoms with E-state index in [1.165, 1.54) is 36.7 Å². The SMILES string of the molecule is O=C(N/N=C\c1cc(Br)ccc1O)c1ccc(C(=O)N/N=C\c2cc(Br)ccc2O)o1. The minimum absolute atomic E-state index is 0.00473. The van der Waals surface area contributed by atoms with E-state index in [-0.39, 0.29) is 23.0 Å². The number of phenolic OH excluding ortho intramolecular Hbond substituents is 2. The zero-order chi connectivity index (χ0) is 22.4. The van der Waals surface area contributed by atoms with E-state index in [1.54, 1.807) is 24.3 Å². The zero-order valence-electron chi connectivity index (χ0n) is 15.5. The molecule has 31 heavy (non-hydrogen) atoms. The fourth-order valence-electron chi connectivity index (χ4n) is 2.27. The van der Waals surface area contributed by atoms with Crippen molar-refractivity contribution in [1.82, 2.24) is 10.9 Å². The Bertz CT molecular complexity index is 1100. The Morgan fingerprint density at radius 1 is 0.774 bits per heavy atom. The molecule has 0 bridgehead atoms. The lowest BCUT2D eigenvalue weighted by molar-refractivity contribution is 0.0902. The number of hydrazone groups is 2. The van der Waals surface area contributed by atoms with Crippen molar-refractivity contribution < 1.29 is 24.2 Å². The first-order valence-electron chi connectivity index (χ1n) is 8.57. The molecule has 0 saturated heterocycles. The molecule has 0 spiro atoms. The molecular weight excluding hydrogens is 536 g/mol. The number of rotatable bonds is 6. The van der Waals surface area contributed by atoms with Gasteiger partial charge in [0.05, 0.1) is 12.4 Å². The first-order chi connectivity index (χ1) is 14.8. The molecule has 0 radical (unpaired) electrons. The minimum atomic E-state index is -0.688. The summed E-state index contributed by atoms with van der Waals surface area (Å²) in [6, 6.07) is 12.1. The zero-order valence-corrected chi connectivity index (χ0v) is 18.7. The van der Waals surface area contributed by atoms with Crippen LogP contribution in [0.1, 0.15) is 32.2 Å². The number of benzene rings is 2. The van der Waals surface area contributed by atoms with Gasteiger partial charge >= 0.3 is 11.8 Å². The summed E-state index contributed by atoms with van der Waals surface area (Å²) in [5.41, 5.74) is 5.26. The summed E-state index contributed by atoms with van der Waals surface area (Å²) < 4.78 is 6.68. The maximum Gasteiger partial charge on any atom is 0.307 e. The monoisotopic (exact) mass is 548 g/mol. The standard InChI is InChI=1S/C20H14Br2N4O5/c21-13-1-3-15(27)11(7-13)9-23-25-19(29)17-5-6-18(31-17)20(30)26-24-10-12-8-14(22)2-4-16(12)28/h1-10,27-28H,(H,25,29)(H,26,30)/b23-9-,24-10-. The molecule has 4 N–H and O–H groups in total. The molecule has 2 amide bonds. The molecular formula is C20H14Br2N4O5. The molecule has 0 unspecified atom stereocenters. The van der Waals surface area contributed by atoms with Gasteiger partial charge in [0, 0.05) is 20.1 Å². The largest absolute Gasteiger partial charge is 0.507 e. The number of furan rings is 1. The Labute approximate surface area is 192 Å². The summed E-state index contributed by atoms with van der Waals surface area (Å²) >= 11 is 6.54. The van der Waals surface area contributed by atoms with Crippen LogP contribution < -0.4 is 10.9 Å². The maximum absolute atomic E-state index is 12.1. The number of halogens is 2. The van der Waals surface area contributed by atoms with Crippen molar-refractivity contribution in [2.45, 2.75) is 0 Å². The van der Waals surface area contributed by atoms with E-state index in [4.69, 9.17) is 4.42 Å². The van der Waals surface area contributed by atoms with Gasteiger partial charge in [-0.1, -0.05) is 31.9 Å². The Morgan fingerprint density at radius 2 is 1.19 bits per heavy atom. The van der Waals surface area contributed by atoms with Gasteiger partial charge in [0.25, 0.3) is 0 Å². The number of phenols is 2. The number of amides is 2. The van der Waals surface area contributed by atoms with Crippen LogP contribution >= 0.6 is 31.9 Å². The summed E-state index contributed by atoms with van der Waals surface area (Å²) in [6.45, 7) is 0. The highest BCUT2D eigenvalue weighted by Crippen LogP contribution is 2.21. The molecule has 2 aromatic carbocycles. The lowest BCUT2D eigenvalue weighted by Gasteiger charge is -2.00. The molecule has 0 saturated carbocycles. The van der Waals surface area contributed by atoms with Crippen LogP contribution in [0.15, 0.2) is 72.1 Å². The van der Waals surface area contributed by atoms with Crippen LogP contribution in [0.4, 0.5) is 0 Å². The number of carbonyl (C=O) groups excluding carboxylic acids is 2. The van der Waals surface area contributed by atoms with Crippen LogP contribution in [0, 0.1) is 0 Å². The summed E-state index contributed by atoms with van der Waals surface area (Å²) in [5, 5.41) is 27.0. The molecule has 0 atom stereocenters. The van der Waals surface area contributed by atoms with E-state index in [0.29, 0.717) is 11.1 Å². The summed E-state index contributed by atoms with van der Waals surface area (Å²) in [4.78, 5) is 24.2. The average Bonchev–Trinajstić information content (AvgIpc) is 3.23. The average molecular weight is 550 g/mol. The van der Waals surface area contributed by atoms with Crippen LogP contribution in [0.2, 0.25) is 0 Å². The molecule has 1 heterocycles. The predicted molar refractivity (Wildman–Crippen MR) is 120 cm³/mol. The molecule has 0 aliphatic heterocycles. The van der Waals surface area contributed by atoms with Crippen LogP contribution in [0.5, 0.6) is 11.5 Å². The van der Waals surface area contributed by atoms with Gasteiger partial charge in [-0.3, -0.25) is 9.59 Å². The van der Waals surface area contributed by atoms with E-state index in [0.717, 1.165) is 8.95 Å². The van der Waals surface area contributed by atoms with Crippen LogP contribution in [-0.2, 0) is 0 Å². The summed E-state index contributed by atoms with van der Waals surface area (Å²) in [5.74, 6) is -1.67. The number of aromatic hydroxyl groups is 2. The Balaban J connectivity index is 1.58. The quantitative estimate of drug-likeness (QED) is 0.274. The Hall–Kier alpha value is -3.44. The van der Waals surface area contributed by atoms with Crippen LogP contribution in [0.25, 0.3) is 0 Å². The molecule has 1 aromatic heterocycles. The molecule has 158 valence electrons. The van der Waals surface area contributed by atoms with Gasteiger partial charge in [0.2, 0.25) is 0 Å². The highest BCUT2D eigenvalue weighted by atomic mass is 79.9. The van der Waals surface area contributed by atoms with Gasteiger partial charge in [0.1, 0.15) is 11.5 Å². The molecule has 3 rings (SSSR count). The minimum Gasteiger partial charge on any atom is -0.507 e. The molecule has 0 aliphatic rings. The molecule has 0 aliphatic carbocycles. The lowest BCUT2D eigenvalue weighted by atomic mass is 10.2. The lowest BCUT2D eigenvalue weighted by Crippen LogP contribution is -2.18. The number of nitrogens with zero attached hydrogens (tertiary/aromatic N) is 2. The van der Waals surface area contributed by atoms with Gasteiger partial charge in [-0.2, -0.15) is 10.2 Å². The van der Waals surface area contributed by atoms with Crippen molar-refractivity contribution in [3.8, 4) is 11.5 Å². The van der Waals surface area contributed by atoms with Crippen molar-refractivity contribution in [1.29, 1.82) is 0 Å². The fourth-order valence-corrected chi connectivity index (χ4v) is 3.03.